The molecule has 4 heteroatoms. The van der Waals surface area contributed by atoms with Gasteiger partial charge in [-0.15, -0.1) is 0 Å². The first-order valence-electron chi connectivity index (χ1n) is 7.68. The number of rotatable bonds is 5. The molecular formula is C17H23N3O. The molecule has 0 radical (unpaired) electrons. The maximum absolute atomic E-state index is 11.5. The summed E-state index contributed by atoms with van der Waals surface area (Å²) in [5, 5.41) is 12.7. The van der Waals surface area contributed by atoms with Gasteiger partial charge in [0.25, 0.3) is 0 Å². The molecule has 0 bridgehead atoms. The van der Waals surface area contributed by atoms with E-state index in [-0.39, 0.29) is 5.78 Å². The zero-order chi connectivity index (χ0) is 15.2. The standard InChI is InChI=1S/C17H23N3O/c1-3-8-20-9-6-16(7-10-20)19-17-11-14(13(2)21)4-5-15(17)12-18/h4-5,11,16,19H,3,6-10H2,1-2H3. The number of ketones is 1. The van der Waals surface area contributed by atoms with Crippen molar-refractivity contribution < 1.29 is 4.79 Å². The molecule has 2 rings (SSSR count). The summed E-state index contributed by atoms with van der Waals surface area (Å²) < 4.78 is 0. The van der Waals surface area contributed by atoms with E-state index in [1.807, 2.05) is 0 Å². The molecule has 4 nitrogen and oxygen atoms in total. The summed E-state index contributed by atoms with van der Waals surface area (Å²) >= 11 is 0. The molecule has 0 atom stereocenters. The number of carbonyl (C=O) groups is 1. The second kappa shape index (κ2) is 7.24. The monoisotopic (exact) mass is 285 g/mol. The summed E-state index contributed by atoms with van der Waals surface area (Å²) in [5.41, 5.74) is 2.05. The molecule has 1 N–H and O–H groups in total. The highest BCUT2D eigenvalue weighted by molar-refractivity contribution is 5.95. The zero-order valence-corrected chi connectivity index (χ0v) is 12.9. The van der Waals surface area contributed by atoms with Crippen LogP contribution >= 0.6 is 0 Å². The maximum Gasteiger partial charge on any atom is 0.159 e. The van der Waals surface area contributed by atoms with Gasteiger partial charge in [0.1, 0.15) is 6.07 Å². The summed E-state index contributed by atoms with van der Waals surface area (Å²) in [7, 11) is 0. The first-order chi connectivity index (χ1) is 10.1. The molecule has 1 aliphatic heterocycles. The average molecular weight is 285 g/mol. The van der Waals surface area contributed by atoms with E-state index in [9.17, 15) is 10.1 Å². The van der Waals surface area contributed by atoms with Crippen molar-refractivity contribution in [2.45, 2.75) is 39.2 Å². The molecule has 1 aromatic carbocycles. The molecule has 0 amide bonds. The number of nitriles is 1. The number of likely N-dealkylation sites (tertiary alicyclic amines) is 1. The second-order valence-corrected chi connectivity index (χ2v) is 5.69. The van der Waals surface area contributed by atoms with Crippen molar-refractivity contribution in [2.75, 3.05) is 25.0 Å². The minimum atomic E-state index is 0.0281. The maximum atomic E-state index is 11.5. The Balaban J connectivity index is 2.04. The Hall–Kier alpha value is -1.86. The van der Waals surface area contributed by atoms with Gasteiger partial charge in [0.15, 0.2) is 5.78 Å². The number of Topliss-reactive ketones (excluding diaryl/α,β-unsaturated/α-hetero) is 1. The van der Waals surface area contributed by atoms with Gasteiger partial charge >= 0.3 is 0 Å². The largest absolute Gasteiger partial charge is 0.381 e. The van der Waals surface area contributed by atoms with Crippen LogP contribution < -0.4 is 5.32 Å². The van der Waals surface area contributed by atoms with Crippen LogP contribution in [0.15, 0.2) is 18.2 Å². The third kappa shape index (κ3) is 4.05. The Morgan fingerprint density at radius 1 is 1.43 bits per heavy atom. The summed E-state index contributed by atoms with van der Waals surface area (Å²) in [6.45, 7) is 7.11. The van der Waals surface area contributed by atoms with E-state index >= 15 is 0 Å². The highest BCUT2D eigenvalue weighted by Crippen LogP contribution is 2.22. The molecule has 21 heavy (non-hydrogen) atoms. The fourth-order valence-corrected chi connectivity index (χ4v) is 2.82. The summed E-state index contributed by atoms with van der Waals surface area (Å²) in [5.74, 6) is 0.0281. The molecule has 0 spiro atoms. The second-order valence-electron chi connectivity index (χ2n) is 5.69. The lowest BCUT2D eigenvalue weighted by atomic mass is 10.0. The number of piperidine rings is 1. The zero-order valence-electron chi connectivity index (χ0n) is 12.9. The van der Waals surface area contributed by atoms with E-state index in [1.54, 1.807) is 25.1 Å². The number of nitrogens with zero attached hydrogens (tertiary/aromatic N) is 2. The minimum absolute atomic E-state index is 0.0281. The molecular weight excluding hydrogens is 262 g/mol. The summed E-state index contributed by atoms with van der Waals surface area (Å²) in [4.78, 5) is 14.0. The van der Waals surface area contributed by atoms with Crippen molar-refractivity contribution in [3.63, 3.8) is 0 Å². The van der Waals surface area contributed by atoms with Crippen LogP contribution in [0.25, 0.3) is 0 Å². The van der Waals surface area contributed by atoms with E-state index in [0.29, 0.717) is 17.2 Å². The van der Waals surface area contributed by atoms with Gasteiger partial charge in [0.05, 0.1) is 11.3 Å². The normalized spacial score (nSPS) is 16.4. The van der Waals surface area contributed by atoms with E-state index in [4.69, 9.17) is 0 Å². The van der Waals surface area contributed by atoms with Crippen LogP contribution in [0.1, 0.15) is 49.0 Å². The number of anilines is 1. The van der Waals surface area contributed by atoms with Crippen molar-refractivity contribution in [3.05, 3.63) is 29.3 Å². The Kier molecular flexibility index (Phi) is 5.35. The van der Waals surface area contributed by atoms with E-state index in [1.165, 1.54) is 6.42 Å². The van der Waals surface area contributed by atoms with E-state index < -0.39 is 0 Å². The number of carbonyl (C=O) groups excluding carboxylic acids is 1. The molecule has 1 heterocycles. The van der Waals surface area contributed by atoms with Gasteiger partial charge in [-0.05, 0) is 50.9 Å². The molecule has 1 aliphatic rings. The number of benzene rings is 1. The number of nitrogens with one attached hydrogen (secondary N) is 1. The van der Waals surface area contributed by atoms with E-state index in [0.717, 1.165) is 38.2 Å². The van der Waals surface area contributed by atoms with Crippen LogP contribution in [0.4, 0.5) is 5.69 Å². The molecule has 1 fully saturated rings. The lowest BCUT2D eigenvalue weighted by Crippen LogP contribution is -2.39. The van der Waals surface area contributed by atoms with Crippen LogP contribution in [-0.2, 0) is 0 Å². The summed E-state index contributed by atoms with van der Waals surface area (Å²) in [6, 6.07) is 7.83. The minimum Gasteiger partial charge on any atom is -0.381 e. The van der Waals surface area contributed by atoms with Gasteiger partial charge in [-0.3, -0.25) is 4.79 Å². The van der Waals surface area contributed by atoms with Crippen LogP contribution in [-0.4, -0.2) is 36.4 Å². The predicted molar refractivity (Wildman–Crippen MR) is 84.5 cm³/mol. The number of hydrogen-bond donors (Lipinski definition) is 1. The van der Waals surface area contributed by atoms with Crippen LogP contribution in [0.2, 0.25) is 0 Å². The van der Waals surface area contributed by atoms with Gasteiger partial charge in [0.2, 0.25) is 0 Å². The van der Waals surface area contributed by atoms with Gasteiger partial charge in [0, 0.05) is 24.7 Å². The van der Waals surface area contributed by atoms with Crippen molar-refractivity contribution in [2.24, 2.45) is 0 Å². The first-order valence-corrected chi connectivity index (χ1v) is 7.68. The highest BCUT2D eigenvalue weighted by atomic mass is 16.1. The Morgan fingerprint density at radius 2 is 2.14 bits per heavy atom. The van der Waals surface area contributed by atoms with Gasteiger partial charge in [-0.1, -0.05) is 6.92 Å². The topological polar surface area (TPSA) is 56.1 Å². The highest BCUT2D eigenvalue weighted by Gasteiger charge is 2.19. The molecule has 0 aromatic heterocycles. The smallest absolute Gasteiger partial charge is 0.159 e. The van der Waals surface area contributed by atoms with Crippen LogP contribution in [0.3, 0.4) is 0 Å². The molecule has 112 valence electrons. The lowest BCUT2D eigenvalue weighted by molar-refractivity contribution is 0.101. The first kappa shape index (κ1) is 15.5. The SMILES string of the molecule is CCCN1CCC(Nc2cc(C(C)=O)ccc2C#N)CC1. The van der Waals surface area contributed by atoms with Crippen LogP contribution in [0.5, 0.6) is 0 Å². The number of hydrogen-bond acceptors (Lipinski definition) is 4. The molecule has 1 saturated heterocycles. The summed E-state index contributed by atoms with van der Waals surface area (Å²) in [6.07, 6.45) is 3.35. The fraction of sp³-hybridized carbons (Fsp3) is 0.529. The lowest BCUT2D eigenvalue weighted by Gasteiger charge is -2.32. The predicted octanol–water partition coefficient (Wildman–Crippen LogP) is 3.05. The van der Waals surface area contributed by atoms with Crippen molar-refractivity contribution in [1.82, 2.24) is 4.90 Å². The molecule has 0 saturated carbocycles. The van der Waals surface area contributed by atoms with Crippen molar-refractivity contribution >= 4 is 11.5 Å². The van der Waals surface area contributed by atoms with Gasteiger partial charge < -0.3 is 10.2 Å². The van der Waals surface area contributed by atoms with E-state index in [2.05, 4.69) is 23.2 Å². The molecule has 0 aliphatic carbocycles. The fourth-order valence-electron chi connectivity index (χ4n) is 2.82. The third-order valence-electron chi connectivity index (χ3n) is 4.03. The quantitative estimate of drug-likeness (QED) is 0.845. The molecule has 1 aromatic rings. The Labute approximate surface area is 126 Å². The third-order valence-corrected chi connectivity index (χ3v) is 4.03. The van der Waals surface area contributed by atoms with Crippen molar-refractivity contribution in [1.29, 1.82) is 5.26 Å². The molecule has 0 unspecified atom stereocenters. The Bertz CT molecular complexity index is 539. The van der Waals surface area contributed by atoms with Gasteiger partial charge in [-0.25, -0.2) is 0 Å². The van der Waals surface area contributed by atoms with Gasteiger partial charge in [-0.2, -0.15) is 5.26 Å². The average Bonchev–Trinajstić information content (AvgIpc) is 2.49. The van der Waals surface area contributed by atoms with Crippen LogP contribution in [0, 0.1) is 11.3 Å². The Morgan fingerprint density at radius 3 is 2.71 bits per heavy atom. The van der Waals surface area contributed by atoms with Crippen molar-refractivity contribution in [3.8, 4) is 6.07 Å².